The second kappa shape index (κ2) is 7.29. The Morgan fingerprint density at radius 1 is 1.31 bits per heavy atom. The third-order valence-electron chi connectivity index (χ3n) is 3.87. The lowest BCUT2D eigenvalue weighted by atomic mass is 9.93. The molecule has 1 N–H and O–H groups in total. The SMILES string of the molecule is CCCC(C)C(CC)NC(C)C1CCCO1. The molecule has 0 aliphatic carbocycles. The predicted octanol–water partition coefficient (Wildman–Crippen LogP) is 3.36. The molecule has 2 nitrogen and oxygen atoms in total. The van der Waals surface area contributed by atoms with Crippen LogP contribution in [0.2, 0.25) is 0 Å². The molecule has 4 unspecified atom stereocenters. The average Bonchev–Trinajstić information content (AvgIpc) is 2.79. The Labute approximate surface area is 101 Å². The Morgan fingerprint density at radius 2 is 2.06 bits per heavy atom. The van der Waals surface area contributed by atoms with Crippen molar-refractivity contribution in [2.24, 2.45) is 5.92 Å². The molecule has 1 aliphatic heterocycles. The Balaban J connectivity index is 2.35. The molecule has 1 saturated heterocycles. The standard InChI is InChI=1S/C14H29NO/c1-5-8-11(3)13(6-2)15-12(4)14-9-7-10-16-14/h11-15H,5-10H2,1-4H3. The average molecular weight is 227 g/mol. The summed E-state index contributed by atoms with van der Waals surface area (Å²) >= 11 is 0. The maximum absolute atomic E-state index is 5.74. The summed E-state index contributed by atoms with van der Waals surface area (Å²) in [6, 6.07) is 1.16. The van der Waals surface area contributed by atoms with E-state index in [1.807, 2.05) is 0 Å². The van der Waals surface area contributed by atoms with Crippen molar-refractivity contribution >= 4 is 0 Å². The molecule has 0 radical (unpaired) electrons. The Bertz CT molecular complexity index is 178. The number of rotatable bonds is 7. The maximum Gasteiger partial charge on any atom is 0.0726 e. The quantitative estimate of drug-likeness (QED) is 0.720. The molecule has 0 aromatic heterocycles. The molecule has 16 heavy (non-hydrogen) atoms. The van der Waals surface area contributed by atoms with Gasteiger partial charge in [-0.1, -0.05) is 27.2 Å². The molecule has 1 heterocycles. The van der Waals surface area contributed by atoms with Gasteiger partial charge in [-0.2, -0.15) is 0 Å². The van der Waals surface area contributed by atoms with Crippen molar-refractivity contribution in [1.82, 2.24) is 5.32 Å². The van der Waals surface area contributed by atoms with E-state index in [4.69, 9.17) is 4.74 Å². The summed E-state index contributed by atoms with van der Waals surface area (Å²) in [5, 5.41) is 3.77. The zero-order valence-corrected chi connectivity index (χ0v) is 11.5. The monoisotopic (exact) mass is 227 g/mol. The van der Waals surface area contributed by atoms with E-state index in [2.05, 4.69) is 33.0 Å². The maximum atomic E-state index is 5.74. The smallest absolute Gasteiger partial charge is 0.0726 e. The van der Waals surface area contributed by atoms with E-state index in [0.29, 0.717) is 18.2 Å². The first kappa shape index (κ1) is 14.0. The fourth-order valence-electron chi connectivity index (χ4n) is 2.78. The van der Waals surface area contributed by atoms with Crippen LogP contribution in [0.3, 0.4) is 0 Å². The van der Waals surface area contributed by atoms with Gasteiger partial charge in [0.15, 0.2) is 0 Å². The summed E-state index contributed by atoms with van der Waals surface area (Å²) in [6.07, 6.45) is 6.74. The topological polar surface area (TPSA) is 21.3 Å². The second-order valence-electron chi connectivity index (χ2n) is 5.29. The van der Waals surface area contributed by atoms with Crippen molar-refractivity contribution in [1.29, 1.82) is 0 Å². The molecule has 0 amide bonds. The lowest BCUT2D eigenvalue weighted by Gasteiger charge is -2.30. The van der Waals surface area contributed by atoms with Crippen LogP contribution in [0, 0.1) is 5.92 Å². The molecule has 0 aromatic carbocycles. The highest BCUT2D eigenvalue weighted by molar-refractivity contribution is 4.82. The first-order chi connectivity index (χ1) is 7.69. The fourth-order valence-corrected chi connectivity index (χ4v) is 2.78. The Morgan fingerprint density at radius 3 is 2.56 bits per heavy atom. The molecule has 96 valence electrons. The van der Waals surface area contributed by atoms with Crippen molar-refractivity contribution < 1.29 is 4.74 Å². The van der Waals surface area contributed by atoms with Crippen LogP contribution < -0.4 is 5.32 Å². The zero-order valence-electron chi connectivity index (χ0n) is 11.5. The van der Waals surface area contributed by atoms with Gasteiger partial charge in [-0.25, -0.2) is 0 Å². The van der Waals surface area contributed by atoms with Crippen molar-refractivity contribution in [2.75, 3.05) is 6.61 Å². The lowest BCUT2D eigenvalue weighted by molar-refractivity contribution is 0.0760. The number of ether oxygens (including phenoxy) is 1. The van der Waals surface area contributed by atoms with Crippen molar-refractivity contribution in [3.05, 3.63) is 0 Å². The van der Waals surface area contributed by atoms with Crippen LogP contribution in [0.5, 0.6) is 0 Å². The molecule has 4 atom stereocenters. The third kappa shape index (κ3) is 4.06. The predicted molar refractivity (Wildman–Crippen MR) is 69.7 cm³/mol. The molecule has 0 spiro atoms. The van der Waals surface area contributed by atoms with Gasteiger partial charge in [0.1, 0.15) is 0 Å². The summed E-state index contributed by atoms with van der Waals surface area (Å²) < 4.78 is 5.74. The highest BCUT2D eigenvalue weighted by Gasteiger charge is 2.25. The van der Waals surface area contributed by atoms with E-state index in [9.17, 15) is 0 Å². The highest BCUT2D eigenvalue weighted by Crippen LogP contribution is 2.19. The molecule has 1 fully saturated rings. The van der Waals surface area contributed by atoms with Gasteiger partial charge in [-0.05, 0) is 38.5 Å². The van der Waals surface area contributed by atoms with Crippen molar-refractivity contribution in [3.63, 3.8) is 0 Å². The van der Waals surface area contributed by atoms with Crippen LogP contribution in [0.4, 0.5) is 0 Å². The highest BCUT2D eigenvalue weighted by atomic mass is 16.5. The van der Waals surface area contributed by atoms with Crippen LogP contribution in [0.15, 0.2) is 0 Å². The summed E-state index contributed by atoms with van der Waals surface area (Å²) in [5.74, 6) is 0.777. The number of hydrogen-bond acceptors (Lipinski definition) is 2. The summed E-state index contributed by atoms with van der Waals surface area (Å²) in [7, 11) is 0. The minimum absolute atomic E-state index is 0.447. The van der Waals surface area contributed by atoms with Crippen molar-refractivity contribution in [2.45, 2.75) is 78.0 Å². The Hall–Kier alpha value is -0.0800. The molecule has 2 heteroatoms. The van der Waals surface area contributed by atoms with Gasteiger partial charge in [0, 0.05) is 18.7 Å². The molecular weight excluding hydrogens is 198 g/mol. The summed E-state index contributed by atoms with van der Waals surface area (Å²) in [5.41, 5.74) is 0. The van der Waals surface area contributed by atoms with Crippen molar-refractivity contribution in [3.8, 4) is 0 Å². The molecule has 0 saturated carbocycles. The largest absolute Gasteiger partial charge is 0.377 e. The molecule has 1 rings (SSSR count). The second-order valence-corrected chi connectivity index (χ2v) is 5.29. The van der Waals surface area contributed by atoms with Gasteiger partial charge in [-0.15, -0.1) is 0 Å². The lowest BCUT2D eigenvalue weighted by Crippen LogP contribution is -2.45. The third-order valence-corrected chi connectivity index (χ3v) is 3.87. The fraction of sp³-hybridized carbons (Fsp3) is 1.00. The van der Waals surface area contributed by atoms with Gasteiger partial charge in [-0.3, -0.25) is 0 Å². The summed E-state index contributed by atoms with van der Waals surface area (Å²) in [4.78, 5) is 0. The first-order valence-electron chi connectivity index (χ1n) is 7.06. The van der Waals surface area contributed by atoms with Gasteiger partial charge < -0.3 is 10.1 Å². The Kier molecular flexibility index (Phi) is 6.37. The number of nitrogens with one attached hydrogen (secondary N) is 1. The zero-order chi connectivity index (χ0) is 12.0. The van der Waals surface area contributed by atoms with E-state index in [1.54, 1.807) is 0 Å². The molecule has 0 bridgehead atoms. The first-order valence-corrected chi connectivity index (χ1v) is 7.06. The van der Waals surface area contributed by atoms with E-state index in [0.717, 1.165) is 12.5 Å². The van der Waals surface area contributed by atoms with Crippen LogP contribution in [0.1, 0.15) is 59.8 Å². The number of hydrogen-bond donors (Lipinski definition) is 1. The normalized spacial score (nSPS) is 26.6. The van der Waals surface area contributed by atoms with Crippen LogP contribution in [0.25, 0.3) is 0 Å². The minimum Gasteiger partial charge on any atom is -0.377 e. The van der Waals surface area contributed by atoms with Crippen LogP contribution >= 0.6 is 0 Å². The minimum atomic E-state index is 0.447. The molecule has 0 aromatic rings. The van der Waals surface area contributed by atoms with Gasteiger partial charge in [0.05, 0.1) is 6.10 Å². The summed E-state index contributed by atoms with van der Waals surface area (Å²) in [6.45, 7) is 10.2. The van der Waals surface area contributed by atoms with E-state index < -0.39 is 0 Å². The van der Waals surface area contributed by atoms with E-state index >= 15 is 0 Å². The molecular formula is C14H29NO. The van der Waals surface area contributed by atoms with Gasteiger partial charge in [0.2, 0.25) is 0 Å². The van der Waals surface area contributed by atoms with E-state index in [1.165, 1.54) is 32.1 Å². The molecule has 1 aliphatic rings. The van der Waals surface area contributed by atoms with Crippen LogP contribution in [-0.4, -0.2) is 24.8 Å². The van der Waals surface area contributed by atoms with Gasteiger partial charge >= 0.3 is 0 Å². The van der Waals surface area contributed by atoms with Gasteiger partial charge in [0.25, 0.3) is 0 Å². The van der Waals surface area contributed by atoms with E-state index in [-0.39, 0.29) is 0 Å². The van der Waals surface area contributed by atoms with Crippen LogP contribution in [-0.2, 0) is 4.74 Å².